The molecule has 0 spiro atoms. The van der Waals surface area contributed by atoms with Gasteiger partial charge in [-0.15, -0.1) is 0 Å². The number of rotatable bonds is 3. The minimum absolute atomic E-state index is 0.823. The molecule has 2 aromatic rings. The van der Waals surface area contributed by atoms with Crippen LogP contribution < -0.4 is 4.74 Å². The average molecular weight is 246 g/mol. The van der Waals surface area contributed by atoms with E-state index in [4.69, 9.17) is 4.74 Å². The van der Waals surface area contributed by atoms with Gasteiger partial charge in [-0.05, 0) is 29.3 Å². The van der Waals surface area contributed by atoms with E-state index in [1.807, 2.05) is 48.5 Å². The van der Waals surface area contributed by atoms with Crippen LogP contribution in [0, 0.1) is 0 Å². The highest BCUT2D eigenvalue weighted by Crippen LogP contribution is 2.27. The van der Waals surface area contributed by atoms with Crippen molar-refractivity contribution in [2.24, 2.45) is 0 Å². The Hall–Kier alpha value is -1.61. The van der Waals surface area contributed by atoms with Crippen LogP contribution in [0.4, 0.5) is 0 Å². The number of ether oxygens (including phenoxy) is 1. The Kier molecular flexibility index (Phi) is 3.59. The van der Waals surface area contributed by atoms with Gasteiger partial charge in [-0.1, -0.05) is 30.3 Å². The molecule has 2 rings (SSSR count). The zero-order chi connectivity index (χ0) is 12.3. The Morgan fingerprint density at radius 3 is 2.24 bits per heavy atom. The third-order valence-corrected chi connectivity index (χ3v) is 3.57. The monoisotopic (exact) mass is 246 g/mol. The third kappa shape index (κ3) is 2.56. The molecule has 0 heterocycles. The van der Waals surface area contributed by atoms with Gasteiger partial charge >= 0.3 is 0 Å². The molecule has 17 heavy (non-hydrogen) atoms. The summed E-state index contributed by atoms with van der Waals surface area (Å²) in [7, 11) is 0.664. The Morgan fingerprint density at radius 2 is 1.65 bits per heavy atom. The van der Waals surface area contributed by atoms with Gasteiger partial charge in [0, 0.05) is 11.2 Å². The summed E-state index contributed by atoms with van der Waals surface area (Å²) in [5.41, 5.74) is 2.06. The van der Waals surface area contributed by atoms with Crippen LogP contribution in [0.1, 0.15) is 0 Å². The molecule has 88 valence electrons. The molecule has 0 N–H and O–H groups in total. The number of benzene rings is 2. The van der Waals surface area contributed by atoms with Crippen LogP contribution in [0.3, 0.4) is 0 Å². The van der Waals surface area contributed by atoms with E-state index in [2.05, 4.69) is 0 Å². The number of hydrogen-bond donors (Lipinski definition) is 0. The second kappa shape index (κ2) is 5.15. The van der Waals surface area contributed by atoms with E-state index in [1.54, 1.807) is 13.4 Å². The zero-order valence-corrected chi connectivity index (χ0v) is 10.7. The van der Waals surface area contributed by atoms with Crippen LogP contribution in [0.5, 0.6) is 5.75 Å². The minimum atomic E-state index is -0.979. The van der Waals surface area contributed by atoms with E-state index in [9.17, 15) is 4.21 Å². The van der Waals surface area contributed by atoms with Crippen molar-refractivity contribution in [2.45, 2.75) is 4.90 Å². The van der Waals surface area contributed by atoms with Crippen LogP contribution >= 0.6 is 0 Å². The van der Waals surface area contributed by atoms with E-state index >= 15 is 0 Å². The summed E-state index contributed by atoms with van der Waals surface area (Å²) in [6, 6.07) is 15.5. The molecule has 0 saturated carbocycles. The summed E-state index contributed by atoms with van der Waals surface area (Å²) < 4.78 is 16.8. The molecular weight excluding hydrogens is 232 g/mol. The molecule has 2 aromatic carbocycles. The molecular formula is C14H14O2S. The lowest BCUT2D eigenvalue weighted by Crippen LogP contribution is -1.91. The Morgan fingerprint density at radius 1 is 1.00 bits per heavy atom. The molecule has 0 fully saturated rings. The van der Waals surface area contributed by atoms with Crippen molar-refractivity contribution in [1.82, 2.24) is 0 Å². The van der Waals surface area contributed by atoms with Gasteiger partial charge in [-0.2, -0.15) is 0 Å². The molecule has 0 bridgehead atoms. The fourth-order valence-electron chi connectivity index (χ4n) is 1.73. The van der Waals surface area contributed by atoms with Crippen LogP contribution in [0.25, 0.3) is 11.1 Å². The maximum atomic E-state index is 11.6. The smallest absolute Gasteiger partial charge is 0.118 e. The van der Waals surface area contributed by atoms with Crippen molar-refractivity contribution < 1.29 is 8.95 Å². The summed E-state index contributed by atoms with van der Waals surface area (Å²) >= 11 is 0. The molecule has 1 unspecified atom stereocenters. The van der Waals surface area contributed by atoms with Crippen molar-refractivity contribution in [3.8, 4) is 16.9 Å². The first-order valence-corrected chi connectivity index (χ1v) is 6.85. The molecule has 0 aromatic heterocycles. The van der Waals surface area contributed by atoms with Crippen molar-refractivity contribution in [3.63, 3.8) is 0 Å². The predicted molar refractivity (Wildman–Crippen MR) is 70.8 cm³/mol. The highest BCUT2D eigenvalue weighted by Gasteiger charge is 2.07. The summed E-state index contributed by atoms with van der Waals surface area (Å²) in [6.07, 6.45) is 1.70. The molecule has 3 heteroatoms. The Labute approximate surface area is 104 Å². The number of methoxy groups -OCH3 is 1. The molecule has 0 aliphatic carbocycles. The molecule has 0 aliphatic rings. The lowest BCUT2D eigenvalue weighted by molar-refractivity contribution is 0.415. The third-order valence-electron chi connectivity index (χ3n) is 2.60. The normalized spacial score (nSPS) is 12.1. The van der Waals surface area contributed by atoms with Crippen LogP contribution in [-0.4, -0.2) is 17.6 Å². The Balaban J connectivity index is 2.48. The lowest BCUT2D eigenvalue weighted by atomic mass is 10.1. The minimum Gasteiger partial charge on any atom is -0.497 e. The van der Waals surface area contributed by atoms with Gasteiger partial charge in [0.2, 0.25) is 0 Å². The van der Waals surface area contributed by atoms with Gasteiger partial charge in [-0.25, -0.2) is 0 Å². The van der Waals surface area contributed by atoms with Crippen molar-refractivity contribution >= 4 is 10.8 Å². The first kappa shape index (κ1) is 11.9. The first-order chi connectivity index (χ1) is 8.22. The molecule has 2 nitrogen and oxygen atoms in total. The van der Waals surface area contributed by atoms with Gasteiger partial charge in [0.05, 0.1) is 17.9 Å². The van der Waals surface area contributed by atoms with Crippen molar-refractivity contribution in [1.29, 1.82) is 0 Å². The summed E-state index contributed by atoms with van der Waals surface area (Å²) in [6.45, 7) is 0. The summed E-state index contributed by atoms with van der Waals surface area (Å²) in [4.78, 5) is 0.859. The molecule has 1 atom stereocenters. The summed E-state index contributed by atoms with van der Waals surface area (Å²) in [5.74, 6) is 0.823. The first-order valence-electron chi connectivity index (χ1n) is 5.29. The quantitative estimate of drug-likeness (QED) is 0.832. The van der Waals surface area contributed by atoms with Crippen LogP contribution in [-0.2, 0) is 10.8 Å². The number of hydrogen-bond acceptors (Lipinski definition) is 2. The van der Waals surface area contributed by atoms with Crippen molar-refractivity contribution in [2.75, 3.05) is 13.4 Å². The van der Waals surface area contributed by atoms with Crippen molar-refractivity contribution in [3.05, 3.63) is 48.5 Å². The zero-order valence-electron chi connectivity index (χ0n) is 9.84. The van der Waals surface area contributed by atoms with E-state index in [-0.39, 0.29) is 0 Å². The SMILES string of the molecule is COc1ccc(-c2ccccc2S(C)=O)cc1. The van der Waals surface area contributed by atoms with Gasteiger partial charge < -0.3 is 4.74 Å². The van der Waals surface area contributed by atoms with E-state index in [0.717, 1.165) is 21.8 Å². The van der Waals surface area contributed by atoms with Crippen LogP contribution in [0.15, 0.2) is 53.4 Å². The highest BCUT2D eigenvalue weighted by molar-refractivity contribution is 7.84. The molecule has 0 aliphatic heterocycles. The average Bonchev–Trinajstić information content (AvgIpc) is 2.39. The molecule has 0 radical (unpaired) electrons. The fourth-order valence-corrected chi connectivity index (χ4v) is 2.49. The second-order valence-electron chi connectivity index (χ2n) is 3.68. The van der Waals surface area contributed by atoms with Gasteiger partial charge in [0.25, 0.3) is 0 Å². The van der Waals surface area contributed by atoms with E-state index < -0.39 is 10.8 Å². The van der Waals surface area contributed by atoms with Crippen LogP contribution in [0.2, 0.25) is 0 Å². The van der Waals surface area contributed by atoms with E-state index in [1.165, 1.54) is 0 Å². The predicted octanol–water partition coefficient (Wildman–Crippen LogP) is 3.10. The van der Waals surface area contributed by atoms with Gasteiger partial charge in [0.1, 0.15) is 5.75 Å². The fraction of sp³-hybridized carbons (Fsp3) is 0.143. The molecule has 0 amide bonds. The summed E-state index contributed by atoms with van der Waals surface area (Å²) in [5, 5.41) is 0. The van der Waals surface area contributed by atoms with Gasteiger partial charge in [0.15, 0.2) is 0 Å². The highest BCUT2D eigenvalue weighted by atomic mass is 32.2. The Bertz CT molecular complexity index is 532. The topological polar surface area (TPSA) is 26.3 Å². The van der Waals surface area contributed by atoms with Gasteiger partial charge in [-0.3, -0.25) is 4.21 Å². The second-order valence-corrected chi connectivity index (χ2v) is 5.03. The van der Waals surface area contributed by atoms with E-state index in [0.29, 0.717) is 0 Å². The lowest BCUT2D eigenvalue weighted by Gasteiger charge is -2.08. The molecule has 0 saturated heterocycles. The largest absolute Gasteiger partial charge is 0.497 e. The maximum Gasteiger partial charge on any atom is 0.118 e. The standard InChI is InChI=1S/C14H14O2S/c1-16-12-9-7-11(8-10-12)13-5-3-4-6-14(13)17(2)15/h3-10H,1-2H3. The maximum absolute atomic E-state index is 11.6.